The second-order valence-corrected chi connectivity index (χ2v) is 6.57. The Morgan fingerprint density at radius 2 is 1.35 bits per heavy atom. The van der Waals surface area contributed by atoms with Crippen molar-refractivity contribution in [2.45, 2.75) is 45.2 Å². The number of alkyl halides is 1. The molecule has 0 amide bonds. The molecule has 2 aromatic rings. The minimum atomic E-state index is -1.26. The quantitative estimate of drug-likeness (QED) is 0.643. The lowest BCUT2D eigenvalue weighted by atomic mass is 9.98. The van der Waals surface area contributed by atoms with E-state index in [2.05, 4.69) is 0 Å². The van der Waals surface area contributed by atoms with Crippen LogP contribution in [0.5, 0.6) is 0 Å². The number of halogens is 1. The van der Waals surface area contributed by atoms with Gasteiger partial charge in [-0.25, -0.2) is 4.39 Å². The summed E-state index contributed by atoms with van der Waals surface area (Å²) in [6.45, 7) is 5.20. The third-order valence-electron chi connectivity index (χ3n) is 3.59. The molecule has 1 unspecified atom stereocenters. The maximum Gasteiger partial charge on any atom is 0.194 e. The Balaban J connectivity index is 1.98. The lowest BCUT2D eigenvalue weighted by Gasteiger charge is -2.36. The van der Waals surface area contributed by atoms with Gasteiger partial charge in [0.05, 0.1) is 12.2 Å². The summed E-state index contributed by atoms with van der Waals surface area (Å²) in [7, 11) is 0. The number of ether oxygens (including phenoxy) is 2. The van der Waals surface area contributed by atoms with E-state index in [0.29, 0.717) is 13.0 Å². The van der Waals surface area contributed by atoms with E-state index in [1.165, 1.54) is 0 Å². The Kier molecular flexibility index (Phi) is 5.91. The van der Waals surface area contributed by atoms with E-state index in [4.69, 9.17) is 9.47 Å². The largest absolute Gasteiger partial charge is 0.343 e. The Hall–Kier alpha value is -1.71. The highest BCUT2D eigenvalue weighted by atomic mass is 19.1. The van der Waals surface area contributed by atoms with Crippen molar-refractivity contribution in [1.82, 2.24) is 0 Å². The fourth-order valence-electron chi connectivity index (χ4n) is 2.61. The average Bonchev–Trinajstić information content (AvgIpc) is 2.54. The number of benzene rings is 2. The molecule has 2 nitrogen and oxygen atoms in total. The summed E-state index contributed by atoms with van der Waals surface area (Å²) in [5, 5.41) is 0. The van der Waals surface area contributed by atoms with Crippen LogP contribution in [-0.2, 0) is 22.5 Å². The topological polar surface area (TPSA) is 18.5 Å². The molecule has 0 N–H and O–H groups in total. The second kappa shape index (κ2) is 7.71. The van der Waals surface area contributed by atoms with Gasteiger partial charge in [0.2, 0.25) is 0 Å². The summed E-state index contributed by atoms with van der Waals surface area (Å²) in [6, 6.07) is 19.8. The van der Waals surface area contributed by atoms with E-state index in [1.807, 2.05) is 74.5 Å². The first kappa shape index (κ1) is 17.6. The minimum absolute atomic E-state index is 0.322. The molecule has 0 saturated heterocycles. The van der Waals surface area contributed by atoms with Crippen LogP contribution in [0.25, 0.3) is 0 Å². The predicted molar refractivity (Wildman–Crippen MR) is 90.9 cm³/mol. The highest BCUT2D eigenvalue weighted by Crippen LogP contribution is 2.27. The van der Waals surface area contributed by atoms with Gasteiger partial charge in [0.1, 0.15) is 6.67 Å². The first-order chi connectivity index (χ1) is 10.9. The van der Waals surface area contributed by atoms with Crippen LogP contribution in [0, 0.1) is 0 Å². The Morgan fingerprint density at radius 3 is 1.87 bits per heavy atom. The molecule has 124 valence electrons. The lowest BCUT2D eigenvalue weighted by molar-refractivity contribution is -0.282. The van der Waals surface area contributed by atoms with Gasteiger partial charge < -0.3 is 9.47 Å². The maximum atomic E-state index is 13.6. The summed E-state index contributed by atoms with van der Waals surface area (Å²) in [6.07, 6.45) is 0.693. The van der Waals surface area contributed by atoms with Crippen LogP contribution >= 0.6 is 0 Å². The lowest BCUT2D eigenvalue weighted by Crippen LogP contribution is -2.44. The Bertz CT molecular complexity index is 583. The molecule has 0 aliphatic carbocycles. The molecule has 0 fully saturated rings. The molecular weight excluding hydrogens is 291 g/mol. The highest BCUT2D eigenvalue weighted by Gasteiger charge is 2.34. The van der Waals surface area contributed by atoms with E-state index in [0.717, 1.165) is 11.1 Å². The van der Waals surface area contributed by atoms with Crippen LogP contribution in [0.15, 0.2) is 60.7 Å². The molecule has 2 rings (SSSR count). The smallest absolute Gasteiger partial charge is 0.194 e. The maximum absolute atomic E-state index is 13.6. The second-order valence-electron chi connectivity index (χ2n) is 6.57. The molecule has 2 aromatic carbocycles. The van der Waals surface area contributed by atoms with Gasteiger partial charge in [0.15, 0.2) is 5.79 Å². The average molecular weight is 316 g/mol. The molecule has 0 saturated carbocycles. The van der Waals surface area contributed by atoms with Crippen LogP contribution in [0.2, 0.25) is 0 Å². The van der Waals surface area contributed by atoms with Crippen molar-refractivity contribution in [1.29, 1.82) is 0 Å². The first-order valence-corrected chi connectivity index (χ1v) is 7.90. The summed E-state index contributed by atoms with van der Waals surface area (Å²) >= 11 is 0. The van der Waals surface area contributed by atoms with E-state index in [-0.39, 0.29) is 0 Å². The molecule has 0 aliphatic rings. The highest BCUT2D eigenvalue weighted by molar-refractivity contribution is 5.16. The van der Waals surface area contributed by atoms with Crippen molar-refractivity contribution in [3.8, 4) is 0 Å². The molecule has 1 atom stereocenters. The molecule has 0 aliphatic heterocycles. The molecule has 23 heavy (non-hydrogen) atoms. The van der Waals surface area contributed by atoms with Gasteiger partial charge in [-0.15, -0.1) is 0 Å². The minimum Gasteiger partial charge on any atom is -0.343 e. The van der Waals surface area contributed by atoms with Crippen molar-refractivity contribution in [3.63, 3.8) is 0 Å². The summed E-state index contributed by atoms with van der Waals surface area (Å²) in [4.78, 5) is 0. The van der Waals surface area contributed by atoms with Crippen LogP contribution < -0.4 is 0 Å². The van der Waals surface area contributed by atoms with Crippen molar-refractivity contribution in [2.75, 3.05) is 6.67 Å². The van der Waals surface area contributed by atoms with Crippen LogP contribution in [0.1, 0.15) is 31.9 Å². The predicted octanol–water partition coefficient (Wildman–Crippen LogP) is 4.93. The zero-order valence-electron chi connectivity index (χ0n) is 14.1. The molecule has 0 aromatic heterocycles. The fourth-order valence-corrected chi connectivity index (χ4v) is 2.61. The molecule has 0 bridgehead atoms. The third kappa shape index (κ3) is 5.77. The molecule has 0 heterocycles. The van der Waals surface area contributed by atoms with E-state index < -0.39 is 18.1 Å². The first-order valence-electron chi connectivity index (χ1n) is 7.90. The molecule has 0 radical (unpaired) electrons. The van der Waals surface area contributed by atoms with Gasteiger partial charge in [-0.3, -0.25) is 0 Å². The van der Waals surface area contributed by atoms with Crippen molar-refractivity contribution in [2.24, 2.45) is 0 Å². The number of hydrogen-bond acceptors (Lipinski definition) is 2. The van der Waals surface area contributed by atoms with E-state index in [1.54, 1.807) is 6.92 Å². The summed E-state index contributed by atoms with van der Waals surface area (Å²) in [5.41, 5.74) is 1.62. The van der Waals surface area contributed by atoms with Crippen LogP contribution in [-0.4, -0.2) is 18.1 Å². The third-order valence-corrected chi connectivity index (χ3v) is 3.59. The van der Waals surface area contributed by atoms with E-state index >= 15 is 0 Å². The summed E-state index contributed by atoms with van der Waals surface area (Å²) < 4.78 is 25.3. The van der Waals surface area contributed by atoms with Gasteiger partial charge in [-0.05, 0) is 31.9 Å². The summed E-state index contributed by atoms with van der Waals surface area (Å²) in [5.74, 6) is -1.26. The van der Waals surface area contributed by atoms with E-state index in [9.17, 15) is 4.39 Å². The normalized spacial score (nSPS) is 14.4. The monoisotopic (exact) mass is 316 g/mol. The van der Waals surface area contributed by atoms with Crippen LogP contribution in [0.3, 0.4) is 0 Å². The van der Waals surface area contributed by atoms with Gasteiger partial charge in [-0.1, -0.05) is 60.7 Å². The fraction of sp³-hybridized carbons (Fsp3) is 0.400. The van der Waals surface area contributed by atoms with Crippen molar-refractivity contribution in [3.05, 3.63) is 71.8 Å². The number of hydrogen-bond donors (Lipinski definition) is 0. The molecular formula is C20H25FO2. The van der Waals surface area contributed by atoms with Gasteiger partial charge >= 0.3 is 0 Å². The SMILES string of the molecule is CC(C)(Cc1ccccc1)OC(C)(CF)OCc1ccccc1. The van der Waals surface area contributed by atoms with Gasteiger partial charge in [0.25, 0.3) is 0 Å². The van der Waals surface area contributed by atoms with Gasteiger partial charge in [0, 0.05) is 6.42 Å². The standard InChI is InChI=1S/C20H25FO2/c1-19(2,14-17-10-6-4-7-11-17)23-20(3,16-21)22-15-18-12-8-5-9-13-18/h4-13H,14-16H2,1-3H3. The number of rotatable bonds is 8. The van der Waals surface area contributed by atoms with Crippen LogP contribution in [0.4, 0.5) is 4.39 Å². The van der Waals surface area contributed by atoms with Crippen molar-refractivity contribution >= 4 is 0 Å². The Morgan fingerprint density at radius 1 is 0.826 bits per heavy atom. The zero-order chi connectivity index (χ0) is 16.8. The molecule has 3 heteroatoms. The van der Waals surface area contributed by atoms with Gasteiger partial charge in [-0.2, -0.15) is 0 Å². The zero-order valence-corrected chi connectivity index (χ0v) is 14.1. The molecule has 0 spiro atoms. The van der Waals surface area contributed by atoms with Crippen molar-refractivity contribution < 1.29 is 13.9 Å². The Labute approximate surface area is 138 Å².